The van der Waals surface area contributed by atoms with Crippen molar-refractivity contribution in [1.82, 2.24) is 9.21 Å². The van der Waals surface area contributed by atoms with Gasteiger partial charge in [0.25, 0.3) is 0 Å². The van der Waals surface area contributed by atoms with Crippen molar-refractivity contribution in [2.45, 2.75) is 49.7 Å². The highest BCUT2D eigenvalue weighted by molar-refractivity contribution is 7.89. The first-order valence-corrected chi connectivity index (χ1v) is 10.7. The summed E-state index contributed by atoms with van der Waals surface area (Å²) in [5.74, 6) is 0.214. The highest BCUT2D eigenvalue weighted by Gasteiger charge is 2.35. The number of benzene rings is 1. The molecule has 0 radical (unpaired) electrons. The number of nitrogens with zero attached hydrogens (tertiary/aromatic N) is 2. The second-order valence-electron chi connectivity index (χ2n) is 7.32. The average Bonchev–Trinajstić information content (AvgIpc) is 2.60. The second-order valence-corrected chi connectivity index (χ2v) is 9.77. The third-order valence-electron chi connectivity index (χ3n) is 5.24. The Morgan fingerprint density at radius 3 is 2.29 bits per heavy atom. The van der Waals surface area contributed by atoms with Crippen LogP contribution < -0.4 is 0 Å². The van der Waals surface area contributed by atoms with Crippen molar-refractivity contribution < 1.29 is 26.4 Å². The zero-order chi connectivity index (χ0) is 21.3. The lowest BCUT2D eigenvalue weighted by molar-refractivity contribution is -0.137. The van der Waals surface area contributed by atoms with E-state index in [1.54, 1.807) is 11.9 Å². The Labute approximate surface area is 168 Å². The average molecular weight is 441 g/mol. The molecule has 0 bridgehead atoms. The van der Waals surface area contributed by atoms with Crippen LogP contribution in [-0.2, 0) is 21.0 Å². The Morgan fingerprint density at radius 2 is 1.75 bits per heavy atom. The minimum absolute atomic E-state index is 0.0483. The van der Waals surface area contributed by atoms with E-state index in [9.17, 15) is 26.4 Å². The summed E-state index contributed by atoms with van der Waals surface area (Å²) >= 11 is 5.54. The highest BCUT2D eigenvalue weighted by atomic mass is 35.5. The summed E-state index contributed by atoms with van der Waals surface area (Å²) in [5.41, 5.74) is -1.23. The Morgan fingerprint density at radius 1 is 1.18 bits per heavy atom. The van der Waals surface area contributed by atoms with Crippen LogP contribution in [0.2, 0.25) is 5.02 Å². The van der Waals surface area contributed by atoms with Gasteiger partial charge in [-0.2, -0.15) is 17.5 Å². The molecule has 158 valence electrons. The van der Waals surface area contributed by atoms with Crippen molar-refractivity contribution in [3.05, 3.63) is 28.8 Å². The fraction of sp³-hybridized carbons (Fsp3) is 0.611. The van der Waals surface area contributed by atoms with Gasteiger partial charge in [0.15, 0.2) is 0 Å². The minimum Gasteiger partial charge on any atom is -0.342 e. The van der Waals surface area contributed by atoms with E-state index in [0.29, 0.717) is 12.0 Å². The third kappa shape index (κ3) is 5.18. The SMILES string of the molecule is CC1CCC(N(C)C(=O)CN(C)S(=O)(=O)c2ccc(Cl)c(C(F)(F)F)c2)CC1. The number of amides is 1. The molecule has 0 aliphatic heterocycles. The van der Waals surface area contributed by atoms with Gasteiger partial charge >= 0.3 is 6.18 Å². The quantitative estimate of drug-likeness (QED) is 0.695. The fourth-order valence-corrected chi connectivity index (χ4v) is 4.65. The number of carbonyl (C=O) groups excluding carboxylic acids is 1. The molecule has 0 N–H and O–H groups in total. The normalized spacial score (nSPS) is 21.0. The van der Waals surface area contributed by atoms with Gasteiger partial charge in [0.2, 0.25) is 15.9 Å². The van der Waals surface area contributed by atoms with Crippen LogP contribution >= 0.6 is 11.6 Å². The first kappa shape index (κ1) is 23.0. The first-order chi connectivity index (χ1) is 12.8. The highest BCUT2D eigenvalue weighted by Crippen LogP contribution is 2.36. The lowest BCUT2D eigenvalue weighted by atomic mass is 9.87. The molecule has 1 aliphatic rings. The summed E-state index contributed by atoms with van der Waals surface area (Å²) in [6, 6.07) is 2.43. The monoisotopic (exact) mass is 440 g/mol. The van der Waals surface area contributed by atoms with Crippen LogP contribution in [0.5, 0.6) is 0 Å². The molecular formula is C18H24ClF3N2O3S. The molecule has 0 spiro atoms. The maximum Gasteiger partial charge on any atom is 0.417 e. The Balaban J connectivity index is 2.14. The van der Waals surface area contributed by atoms with Crippen molar-refractivity contribution in [2.24, 2.45) is 5.92 Å². The number of hydrogen-bond acceptors (Lipinski definition) is 3. The van der Waals surface area contributed by atoms with Gasteiger partial charge in [-0.05, 0) is 49.8 Å². The van der Waals surface area contributed by atoms with E-state index >= 15 is 0 Å². The number of alkyl halides is 3. The number of halogens is 4. The molecular weight excluding hydrogens is 417 g/mol. The summed E-state index contributed by atoms with van der Waals surface area (Å²) in [7, 11) is -1.47. The summed E-state index contributed by atoms with van der Waals surface area (Å²) in [6.07, 6.45) is -1.07. The zero-order valence-corrected chi connectivity index (χ0v) is 17.5. The molecule has 0 aromatic heterocycles. The van der Waals surface area contributed by atoms with Crippen molar-refractivity contribution in [1.29, 1.82) is 0 Å². The molecule has 5 nitrogen and oxygen atoms in total. The van der Waals surface area contributed by atoms with Crippen LogP contribution in [0.3, 0.4) is 0 Å². The maximum absolute atomic E-state index is 13.0. The zero-order valence-electron chi connectivity index (χ0n) is 16.0. The number of carbonyl (C=O) groups is 1. The lowest BCUT2D eigenvalue weighted by Gasteiger charge is -2.34. The molecule has 1 aromatic rings. The maximum atomic E-state index is 13.0. The topological polar surface area (TPSA) is 57.7 Å². The number of rotatable bonds is 5. The second kappa shape index (κ2) is 8.59. The van der Waals surface area contributed by atoms with Crippen LogP contribution in [0.1, 0.15) is 38.2 Å². The molecule has 0 saturated heterocycles. The van der Waals surface area contributed by atoms with Gasteiger partial charge in [-0.3, -0.25) is 4.79 Å². The van der Waals surface area contributed by atoms with Crippen molar-refractivity contribution in [2.75, 3.05) is 20.6 Å². The van der Waals surface area contributed by atoms with Crippen molar-refractivity contribution >= 4 is 27.5 Å². The van der Waals surface area contributed by atoms with Gasteiger partial charge in [0.1, 0.15) is 0 Å². The van der Waals surface area contributed by atoms with Crippen LogP contribution in [-0.4, -0.2) is 50.2 Å². The molecule has 1 aliphatic carbocycles. The van der Waals surface area contributed by atoms with Crippen LogP contribution in [0, 0.1) is 5.92 Å². The van der Waals surface area contributed by atoms with Gasteiger partial charge in [0, 0.05) is 20.1 Å². The Kier molecular flexibility index (Phi) is 7.04. The van der Waals surface area contributed by atoms with E-state index in [4.69, 9.17) is 11.6 Å². The summed E-state index contributed by atoms with van der Waals surface area (Å²) in [4.78, 5) is 13.5. The molecule has 0 heterocycles. The Bertz CT molecular complexity index is 822. The lowest BCUT2D eigenvalue weighted by Crippen LogP contribution is -2.45. The molecule has 0 unspecified atom stereocenters. The van der Waals surface area contributed by atoms with Crippen LogP contribution in [0.15, 0.2) is 23.1 Å². The first-order valence-electron chi connectivity index (χ1n) is 8.92. The summed E-state index contributed by atoms with van der Waals surface area (Å²) < 4.78 is 65.1. The van der Waals surface area contributed by atoms with E-state index < -0.39 is 44.1 Å². The molecule has 0 atom stereocenters. The van der Waals surface area contributed by atoms with Crippen molar-refractivity contribution in [3.63, 3.8) is 0 Å². The third-order valence-corrected chi connectivity index (χ3v) is 7.36. The minimum atomic E-state index is -4.78. The van der Waals surface area contributed by atoms with E-state index in [2.05, 4.69) is 6.92 Å². The van der Waals surface area contributed by atoms with Gasteiger partial charge < -0.3 is 4.90 Å². The molecule has 2 rings (SSSR count). The smallest absolute Gasteiger partial charge is 0.342 e. The predicted molar refractivity (Wildman–Crippen MR) is 100 cm³/mol. The van der Waals surface area contributed by atoms with E-state index in [-0.39, 0.29) is 6.04 Å². The van der Waals surface area contributed by atoms with E-state index in [0.717, 1.165) is 42.1 Å². The van der Waals surface area contributed by atoms with E-state index in [1.807, 2.05) is 0 Å². The van der Waals surface area contributed by atoms with Crippen LogP contribution in [0.25, 0.3) is 0 Å². The van der Waals surface area contributed by atoms with Gasteiger partial charge in [0.05, 0.1) is 22.0 Å². The molecule has 28 heavy (non-hydrogen) atoms. The molecule has 1 saturated carbocycles. The number of likely N-dealkylation sites (N-methyl/N-ethyl adjacent to an activating group) is 2. The van der Waals surface area contributed by atoms with Gasteiger partial charge in [-0.15, -0.1) is 0 Å². The van der Waals surface area contributed by atoms with Gasteiger partial charge in [-0.25, -0.2) is 8.42 Å². The van der Waals surface area contributed by atoms with Crippen molar-refractivity contribution in [3.8, 4) is 0 Å². The number of sulfonamides is 1. The molecule has 1 amide bonds. The molecule has 1 fully saturated rings. The largest absolute Gasteiger partial charge is 0.417 e. The van der Waals surface area contributed by atoms with E-state index in [1.165, 1.54) is 7.05 Å². The summed E-state index contributed by atoms with van der Waals surface area (Å²) in [5, 5.41) is -0.587. The van der Waals surface area contributed by atoms with Gasteiger partial charge in [-0.1, -0.05) is 18.5 Å². The Hall–Kier alpha value is -1.32. The predicted octanol–water partition coefficient (Wildman–Crippen LogP) is 4.02. The summed E-state index contributed by atoms with van der Waals surface area (Å²) in [6.45, 7) is 1.70. The fourth-order valence-electron chi connectivity index (χ4n) is 3.28. The number of hydrogen-bond donors (Lipinski definition) is 0. The standard InChI is InChI=1S/C18H24ClF3N2O3S/c1-12-4-6-13(7-5-12)24(3)17(25)11-23(2)28(26,27)14-8-9-16(19)15(10-14)18(20,21)22/h8-10,12-13H,4-7,11H2,1-3H3. The van der Waals surface area contributed by atoms with Crippen LogP contribution in [0.4, 0.5) is 13.2 Å². The molecule has 10 heteroatoms. The molecule has 1 aromatic carbocycles.